The fraction of sp³-hybridized carbons (Fsp3) is 0.200. The Morgan fingerprint density at radius 2 is 1.81 bits per heavy atom. The van der Waals surface area contributed by atoms with E-state index in [1.54, 1.807) is 25.1 Å². The standard InChI is InChI=1S/C12H14ClN3O.C8H9Cl/c1-8(15)2-5-12(16)17-11-6-9(7-14)3-4-10(11)13;1-2-7-4-3-5-8(9)6-7/h2-6,15-16H,7,14H2,1H3;3-6H,2H2,1H3/b5-2-,15-8?,16-12?;. The lowest BCUT2D eigenvalue weighted by atomic mass is 10.2. The molecule has 0 saturated heterocycles. The molecule has 0 fully saturated rings. The molecule has 0 atom stereocenters. The van der Waals surface area contributed by atoms with E-state index in [9.17, 15) is 0 Å². The summed E-state index contributed by atoms with van der Waals surface area (Å²) in [6.07, 6.45) is 3.93. The van der Waals surface area contributed by atoms with Gasteiger partial charge in [-0.25, -0.2) is 0 Å². The summed E-state index contributed by atoms with van der Waals surface area (Å²) in [6, 6.07) is 13.1. The van der Waals surface area contributed by atoms with Crippen molar-refractivity contribution in [2.45, 2.75) is 26.8 Å². The summed E-state index contributed by atoms with van der Waals surface area (Å²) >= 11 is 11.7. The predicted octanol–water partition coefficient (Wildman–Crippen LogP) is 5.65. The molecule has 2 aromatic carbocycles. The molecule has 2 aromatic rings. The molecular formula is C20H23Cl2N3O. The normalized spacial score (nSPS) is 10.2. The van der Waals surface area contributed by atoms with Crippen LogP contribution in [-0.2, 0) is 13.0 Å². The molecule has 0 unspecified atom stereocenters. The molecule has 0 aliphatic carbocycles. The number of rotatable bonds is 5. The van der Waals surface area contributed by atoms with Gasteiger partial charge in [0.25, 0.3) is 0 Å². The van der Waals surface area contributed by atoms with E-state index in [4.69, 9.17) is 44.5 Å². The molecule has 0 spiro atoms. The summed E-state index contributed by atoms with van der Waals surface area (Å²) in [7, 11) is 0. The number of allylic oxidation sites excluding steroid dienone is 1. The molecule has 0 aromatic heterocycles. The minimum absolute atomic E-state index is 0.0762. The minimum Gasteiger partial charge on any atom is -0.438 e. The maximum atomic E-state index is 7.55. The van der Waals surface area contributed by atoms with Crippen LogP contribution in [0.2, 0.25) is 10.0 Å². The van der Waals surface area contributed by atoms with Gasteiger partial charge in [-0.1, -0.05) is 48.3 Å². The third-order valence-electron chi connectivity index (χ3n) is 3.23. The summed E-state index contributed by atoms with van der Waals surface area (Å²) in [5, 5.41) is 16.0. The molecular weight excluding hydrogens is 369 g/mol. The Bertz CT molecular complexity index is 788. The van der Waals surface area contributed by atoms with Gasteiger partial charge in [-0.05, 0) is 54.8 Å². The summed E-state index contributed by atoms with van der Waals surface area (Å²) in [5.41, 5.74) is 8.02. The third-order valence-corrected chi connectivity index (χ3v) is 3.78. The molecule has 0 bridgehead atoms. The van der Waals surface area contributed by atoms with E-state index in [1.807, 2.05) is 18.2 Å². The topological polar surface area (TPSA) is 83.0 Å². The fourth-order valence-corrected chi connectivity index (χ4v) is 2.23. The van der Waals surface area contributed by atoms with E-state index in [2.05, 4.69) is 13.0 Å². The molecule has 4 nitrogen and oxygen atoms in total. The van der Waals surface area contributed by atoms with Crippen LogP contribution < -0.4 is 10.5 Å². The smallest absolute Gasteiger partial charge is 0.212 e. The average molecular weight is 392 g/mol. The van der Waals surface area contributed by atoms with Gasteiger partial charge in [0.05, 0.1) is 5.02 Å². The van der Waals surface area contributed by atoms with Crippen LogP contribution in [0.3, 0.4) is 0 Å². The van der Waals surface area contributed by atoms with Crippen LogP contribution in [0.15, 0.2) is 54.6 Å². The molecule has 138 valence electrons. The number of ether oxygens (including phenoxy) is 1. The highest BCUT2D eigenvalue weighted by molar-refractivity contribution is 6.32. The second-order valence-electron chi connectivity index (χ2n) is 5.44. The van der Waals surface area contributed by atoms with Crippen molar-refractivity contribution < 1.29 is 4.74 Å². The van der Waals surface area contributed by atoms with Crippen LogP contribution in [0.5, 0.6) is 5.75 Å². The zero-order valence-corrected chi connectivity index (χ0v) is 16.4. The van der Waals surface area contributed by atoms with Crippen LogP contribution in [0.25, 0.3) is 0 Å². The first kappa shape index (κ1) is 21.9. The van der Waals surface area contributed by atoms with Gasteiger partial charge in [0, 0.05) is 23.4 Å². The number of nitrogens with one attached hydrogen (secondary N) is 2. The molecule has 2 rings (SSSR count). The molecule has 6 heteroatoms. The molecule has 0 aliphatic rings. The first-order chi connectivity index (χ1) is 12.3. The lowest BCUT2D eigenvalue weighted by Gasteiger charge is -2.07. The summed E-state index contributed by atoms with van der Waals surface area (Å²) in [4.78, 5) is 0. The Balaban J connectivity index is 0.000000314. The second kappa shape index (κ2) is 11.5. The summed E-state index contributed by atoms with van der Waals surface area (Å²) in [5.74, 6) is 0.319. The number of aryl methyl sites for hydroxylation is 1. The van der Waals surface area contributed by atoms with Crippen molar-refractivity contribution in [1.29, 1.82) is 10.8 Å². The Kier molecular flexibility index (Phi) is 9.66. The van der Waals surface area contributed by atoms with Gasteiger partial charge in [-0.2, -0.15) is 0 Å². The van der Waals surface area contributed by atoms with E-state index in [1.165, 1.54) is 17.7 Å². The molecule has 26 heavy (non-hydrogen) atoms. The number of hydrogen-bond donors (Lipinski definition) is 3. The average Bonchev–Trinajstić information content (AvgIpc) is 2.62. The maximum absolute atomic E-state index is 7.55. The van der Waals surface area contributed by atoms with Crippen LogP contribution in [-0.4, -0.2) is 11.6 Å². The molecule has 0 amide bonds. The van der Waals surface area contributed by atoms with E-state index in [0.29, 0.717) is 23.0 Å². The van der Waals surface area contributed by atoms with Crippen LogP contribution in [0.4, 0.5) is 0 Å². The van der Waals surface area contributed by atoms with Gasteiger partial charge in [-0.15, -0.1) is 0 Å². The van der Waals surface area contributed by atoms with E-state index in [0.717, 1.165) is 17.0 Å². The van der Waals surface area contributed by atoms with Crippen molar-refractivity contribution in [1.82, 2.24) is 0 Å². The number of hydrogen-bond acceptors (Lipinski definition) is 4. The molecule has 4 N–H and O–H groups in total. The van der Waals surface area contributed by atoms with Crippen LogP contribution >= 0.6 is 23.2 Å². The third kappa shape index (κ3) is 8.30. The van der Waals surface area contributed by atoms with E-state index >= 15 is 0 Å². The quantitative estimate of drug-likeness (QED) is 0.454. The zero-order chi connectivity index (χ0) is 19.5. The summed E-state index contributed by atoms with van der Waals surface area (Å²) in [6.45, 7) is 4.12. The Morgan fingerprint density at radius 1 is 1.08 bits per heavy atom. The van der Waals surface area contributed by atoms with Gasteiger partial charge >= 0.3 is 0 Å². The number of nitrogens with two attached hydrogens (primary N) is 1. The van der Waals surface area contributed by atoms with Gasteiger partial charge in [-0.3, -0.25) is 5.41 Å². The summed E-state index contributed by atoms with van der Waals surface area (Å²) < 4.78 is 5.25. The van der Waals surface area contributed by atoms with Crippen molar-refractivity contribution in [3.63, 3.8) is 0 Å². The van der Waals surface area contributed by atoms with E-state index in [-0.39, 0.29) is 5.90 Å². The van der Waals surface area contributed by atoms with Crippen molar-refractivity contribution in [3.8, 4) is 5.75 Å². The predicted molar refractivity (Wildman–Crippen MR) is 111 cm³/mol. The Hall–Kier alpha value is -2.14. The highest BCUT2D eigenvalue weighted by Crippen LogP contribution is 2.25. The van der Waals surface area contributed by atoms with Crippen molar-refractivity contribution >= 4 is 34.8 Å². The van der Waals surface area contributed by atoms with Crippen molar-refractivity contribution in [3.05, 3.63) is 75.8 Å². The molecule has 0 heterocycles. The number of benzene rings is 2. The van der Waals surface area contributed by atoms with Gasteiger partial charge < -0.3 is 15.9 Å². The maximum Gasteiger partial charge on any atom is 0.212 e. The largest absolute Gasteiger partial charge is 0.438 e. The highest BCUT2D eigenvalue weighted by Gasteiger charge is 2.04. The monoisotopic (exact) mass is 391 g/mol. The van der Waals surface area contributed by atoms with E-state index < -0.39 is 0 Å². The van der Waals surface area contributed by atoms with Crippen molar-refractivity contribution in [2.75, 3.05) is 0 Å². The SMILES string of the molecule is CC(=N)/C=C\C(=N)Oc1cc(CN)ccc1Cl.CCc1cccc(Cl)c1. The Morgan fingerprint density at radius 3 is 2.35 bits per heavy atom. The van der Waals surface area contributed by atoms with Crippen LogP contribution in [0.1, 0.15) is 25.0 Å². The van der Waals surface area contributed by atoms with Crippen LogP contribution in [0, 0.1) is 10.8 Å². The van der Waals surface area contributed by atoms with Gasteiger partial charge in [0.1, 0.15) is 5.75 Å². The lowest BCUT2D eigenvalue weighted by Crippen LogP contribution is -2.05. The van der Waals surface area contributed by atoms with Gasteiger partial charge in [0.15, 0.2) is 0 Å². The molecule has 0 aliphatic heterocycles. The lowest BCUT2D eigenvalue weighted by molar-refractivity contribution is 0.550. The first-order valence-corrected chi connectivity index (χ1v) is 8.83. The fourth-order valence-electron chi connectivity index (χ4n) is 1.86. The van der Waals surface area contributed by atoms with Gasteiger partial charge in [0.2, 0.25) is 5.90 Å². The second-order valence-corrected chi connectivity index (χ2v) is 6.28. The minimum atomic E-state index is -0.0762. The highest BCUT2D eigenvalue weighted by atomic mass is 35.5. The Labute approximate surface area is 164 Å². The number of halogens is 2. The first-order valence-electron chi connectivity index (χ1n) is 8.08. The molecule has 0 saturated carbocycles. The molecule has 0 radical (unpaired) electrons. The van der Waals surface area contributed by atoms with Crippen molar-refractivity contribution in [2.24, 2.45) is 5.73 Å². The zero-order valence-electron chi connectivity index (χ0n) is 14.9.